The van der Waals surface area contributed by atoms with Crippen molar-refractivity contribution in [3.05, 3.63) is 52.9 Å². The fourth-order valence-corrected chi connectivity index (χ4v) is 5.64. The quantitative estimate of drug-likeness (QED) is 0.422. The van der Waals surface area contributed by atoms with E-state index in [0.717, 1.165) is 16.5 Å². The van der Waals surface area contributed by atoms with Gasteiger partial charge in [0.15, 0.2) is 5.65 Å². The van der Waals surface area contributed by atoms with Crippen LogP contribution in [-0.4, -0.2) is 50.9 Å². The number of benzene rings is 1. The summed E-state index contributed by atoms with van der Waals surface area (Å²) in [6.45, 7) is -0.594. The molecule has 0 spiro atoms. The molecule has 4 aromatic rings. The Hall–Kier alpha value is -2.77. The Bertz CT molecular complexity index is 1510. The Balaban J connectivity index is 1.58. The van der Waals surface area contributed by atoms with Crippen LogP contribution >= 0.6 is 15.9 Å². The number of hydrogen-bond donors (Lipinski definition) is 1. The molecule has 1 fully saturated rings. The van der Waals surface area contributed by atoms with Gasteiger partial charge in [0.1, 0.15) is 5.82 Å². The number of nitrogen functional groups attached to an aromatic ring is 1. The van der Waals surface area contributed by atoms with Gasteiger partial charge in [-0.05, 0) is 46.1 Å². The van der Waals surface area contributed by atoms with Gasteiger partial charge in [0.2, 0.25) is 0 Å². The minimum Gasteiger partial charge on any atom is -0.383 e. The Morgan fingerprint density at radius 3 is 2.76 bits per heavy atom. The predicted octanol–water partition coefficient (Wildman–Crippen LogP) is 3.93. The smallest absolute Gasteiger partial charge is 0.383 e. The first-order valence-corrected chi connectivity index (χ1v) is 12.1. The Morgan fingerprint density at radius 2 is 2.00 bits per heavy atom. The van der Waals surface area contributed by atoms with Crippen LogP contribution in [-0.2, 0) is 10.0 Å². The lowest BCUT2D eigenvalue weighted by Crippen LogP contribution is -2.39. The van der Waals surface area contributed by atoms with Crippen molar-refractivity contribution in [3.8, 4) is 11.1 Å². The van der Waals surface area contributed by atoms with E-state index in [0.29, 0.717) is 25.7 Å². The number of nitrogens with zero attached hydrogens (tertiary/aromatic N) is 5. The van der Waals surface area contributed by atoms with Crippen LogP contribution in [0.5, 0.6) is 0 Å². The van der Waals surface area contributed by atoms with E-state index < -0.39 is 21.4 Å². The predicted molar refractivity (Wildman–Crippen MR) is 120 cm³/mol. The molecule has 1 aliphatic heterocycles. The topological polar surface area (TPSA) is 106 Å². The second kappa shape index (κ2) is 7.64. The summed E-state index contributed by atoms with van der Waals surface area (Å²) in [6.07, 6.45) is 3.50. The average Bonchev–Trinajstić information content (AvgIpc) is 3.43. The first-order chi connectivity index (χ1) is 15.6. The maximum absolute atomic E-state index is 13.0. The number of anilines is 1. The van der Waals surface area contributed by atoms with E-state index in [9.17, 15) is 21.6 Å². The standard InChI is InChI=1S/C20H16BrF3N6O2S/c21-16-17(13-5-7-29(10-13)33(31,32)20(22,23)24)28-19-14(9-27-30(19)18(16)25)11-3-4-15-12(8-11)2-1-6-26-15/h1-4,6,8-9,13H,5,7,10,25H2. The van der Waals surface area contributed by atoms with E-state index in [1.807, 2.05) is 30.3 Å². The van der Waals surface area contributed by atoms with Crippen LogP contribution in [0.15, 0.2) is 47.2 Å². The highest BCUT2D eigenvalue weighted by Crippen LogP contribution is 2.39. The summed E-state index contributed by atoms with van der Waals surface area (Å²) in [5.41, 5.74) is 4.04. The minimum absolute atomic E-state index is 0.182. The normalized spacial score (nSPS) is 17.9. The van der Waals surface area contributed by atoms with Crippen molar-refractivity contribution in [2.45, 2.75) is 17.8 Å². The lowest BCUT2D eigenvalue weighted by Gasteiger charge is -2.18. The van der Waals surface area contributed by atoms with Gasteiger partial charge in [0.25, 0.3) is 0 Å². The Kier molecular flexibility index (Phi) is 5.10. The van der Waals surface area contributed by atoms with Gasteiger partial charge < -0.3 is 5.73 Å². The largest absolute Gasteiger partial charge is 0.511 e. The second-order valence-corrected chi connectivity index (χ2v) is 10.4. The first kappa shape index (κ1) is 22.0. The number of aromatic nitrogens is 4. The first-order valence-electron chi connectivity index (χ1n) is 9.82. The van der Waals surface area contributed by atoms with E-state index in [1.54, 1.807) is 12.4 Å². The SMILES string of the molecule is Nc1c(Br)c(C2CCN(S(=O)(=O)C(F)(F)F)C2)nc2c(-c3ccc4ncccc4c3)cnn12. The number of alkyl halides is 3. The lowest BCUT2D eigenvalue weighted by molar-refractivity contribution is -0.0483. The zero-order valence-electron chi connectivity index (χ0n) is 16.8. The molecule has 3 aromatic heterocycles. The van der Waals surface area contributed by atoms with Crippen LogP contribution in [0.1, 0.15) is 18.0 Å². The highest BCUT2D eigenvalue weighted by Gasteiger charge is 2.52. The van der Waals surface area contributed by atoms with E-state index in [2.05, 4.69) is 31.0 Å². The number of fused-ring (bicyclic) bond motifs is 2. The number of hydrogen-bond acceptors (Lipinski definition) is 6. The highest BCUT2D eigenvalue weighted by molar-refractivity contribution is 9.10. The third-order valence-corrected chi connectivity index (χ3v) is 8.14. The summed E-state index contributed by atoms with van der Waals surface area (Å²) >= 11 is 3.37. The van der Waals surface area contributed by atoms with Crippen molar-refractivity contribution in [3.63, 3.8) is 0 Å². The van der Waals surface area contributed by atoms with Crippen LogP contribution in [0.4, 0.5) is 19.0 Å². The van der Waals surface area contributed by atoms with E-state index >= 15 is 0 Å². The monoisotopic (exact) mass is 540 g/mol. The van der Waals surface area contributed by atoms with Gasteiger partial charge in [-0.3, -0.25) is 4.98 Å². The summed E-state index contributed by atoms with van der Waals surface area (Å²) in [5, 5.41) is 5.24. The van der Waals surface area contributed by atoms with Gasteiger partial charge >= 0.3 is 15.5 Å². The molecule has 2 N–H and O–H groups in total. The molecule has 4 heterocycles. The van der Waals surface area contributed by atoms with Crippen LogP contribution in [0, 0.1) is 0 Å². The molecule has 0 aliphatic carbocycles. The Morgan fingerprint density at radius 1 is 1.21 bits per heavy atom. The molecule has 13 heteroatoms. The maximum Gasteiger partial charge on any atom is 0.511 e. The van der Waals surface area contributed by atoms with E-state index in [4.69, 9.17) is 5.73 Å². The molecule has 0 amide bonds. The summed E-state index contributed by atoms with van der Waals surface area (Å²) in [6, 6.07) is 9.43. The number of rotatable bonds is 3. The van der Waals surface area contributed by atoms with Gasteiger partial charge in [0, 0.05) is 36.2 Å². The third kappa shape index (κ3) is 3.54. The molecule has 1 saturated heterocycles. The third-order valence-electron chi connectivity index (χ3n) is 5.73. The van der Waals surface area contributed by atoms with Gasteiger partial charge in [-0.15, -0.1) is 0 Å². The van der Waals surface area contributed by atoms with Gasteiger partial charge in [0.05, 0.1) is 21.9 Å². The molecule has 5 rings (SSSR count). The zero-order valence-corrected chi connectivity index (χ0v) is 19.2. The molecule has 33 heavy (non-hydrogen) atoms. The van der Waals surface area contributed by atoms with Crippen LogP contribution in [0.25, 0.3) is 27.7 Å². The molecule has 0 bridgehead atoms. The molecule has 1 unspecified atom stereocenters. The molecule has 1 atom stereocenters. The van der Waals surface area contributed by atoms with E-state index in [-0.39, 0.29) is 25.3 Å². The summed E-state index contributed by atoms with van der Waals surface area (Å²) in [7, 11) is -5.41. The summed E-state index contributed by atoms with van der Waals surface area (Å²) in [5.74, 6) is -0.340. The molecular weight excluding hydrogens is 525 g/mol. The summed E-state index contributed by atoms with van der Waals surface area (Å²) in [4.78, 5) is 8.97. The van der Waals surface area contributed by atoms with Crippen molar-refractivity contribution < 1.29 is 21.6 Å². The number of sulfonamides is 1. The number of nitrogens with two attached hydrogens (primary N) is 1. The molecule has 1 aromatic carbocycles. The van der Waals surface area contributed by atoms with Crippen molar-refractivity contribution in [1.82, 2.24) is 23.9 Å². The second-order valence-electron chi connectivity index (χ2n) is 7.70. The average molecular weight is 541 g/mol. The van der Waals surface area contributed by atoms with E-state index in [1.165, 1.54) is 4.52 Å². The van der Waals surface area contributed by atoms with Gasteiger partial charge in [-0.2, -0.15) is 27.1 Å². The number of halogens is 4. The summed E-state index contributed by atoms with van der Waals surface area (Å²) < 4.78 is 64.9. The van der Waals surface area contributed by atoms with Crippen molar-refractivity contribution in [2.24, 2.45) is 0 Å². The van der Waals surface area contributed by atoms with Gasteiger partial charge in [-0.1, -0.05) is 12.1 Å². The number of pyridine rings is 1. The fourth-order valence-electron chi connectivity index (χ4n) is 4.05. The van der Waals surface area contributed by atoms with Crippen LogP contribution in [0.2, 0.25) is 0 Å². The minimum atomic E-state index is -5.41. The van der Waals surface area contributed by atoms with Crippen LogP contribution in [0.3, 0.4) is 0 Å². The van der Waals surface area contributed by atoms with Crippen molar-refractivity contribution >= 4 is 48.3 Å². The molecular formula is C20H16BrF3N6O2S. The maximum atomic E-state index is 13.0. The Labute approximate surface area is 194 Å². The van der Waals surface area contributed by atoms with Crippen molar-refractivity contribution in [2.75, 3.05) is 18.8 Å². The molecule has 0 radical (unpaired) electrons. The highest BCUT2D eigenvalue weighted by atomic mass is 79.9. The molecule has 8 nitrogen and oxygen atoms in total. The zero-order chi connectivity index (χ0) is 23.5. The van der Waals surface area contributed by atoms with Crippen molar-refractivity contribution in [1.29, 1.82) is 0 Å². The molecule has 1 aliphatic rings. The van der Waals surface area contributed by atoms with Crippen LogP contribution < -0.4 is 5.73 Å². The molecule has 172 valence electrons. The lowest BCUT2D eigenvalue weighted by atomic mass is 10.0. The fraction of sp³-hybridized carbons (Fsp3) is 0.250. The molecule has 0 saturated carbocycles. The van der Waals surface area contributed by atoms with Gasteiger partial charge in [-0.25, -0.2) is 13.4 Å².